The summed E-state index contributed by atoms with van der Waals surface area (Å²) in [4.78, 5) is 22.2. The molecule has 1 aromatic carbocycles. The molecule has 0 amide bonds. The number of imidazole rings is 1. The molecule has 2 aromatic heterocycles. The SMILES string of the molecule is O=[N+]([O-])c1cn2c(n1)OC[C@@H](Oc1ncc(-c3ccc(F)cc3)cn1)C2. The van der Waals surface area contributed by atoms with Gasteiger partial charge in [-0.15, -0.1) is 0 Å². The van der Waals surface area contributed by atoms with Crippen molar-refractivity contribution in [3.8, 4) is 23.1 Å². The van der Waals surface area contributed by atoms with Gasteiger partial charge < -0.3 is 19.6 Å². The highest BCUT2D eigenvalue weighted by atomic mass is 19.1. The molecule has 0 bridgehead atoms. The van der Waals surface area contributed by atoms with E-state index >= 15 is 0 Å². The van der Waals surface area contributed by atoms with E-state index in [9.17, 15) is 14.5 Å². The fourth-order valence-corrected chi connectivity index (χ4v) is 2.55. The Bertz CT molecular complexity index is 942. The molecule has 4 rings (SSSR count). The third-order valence-electron chi connectivity index (χ3n) is 3.79. The van der Waals surface area contributed by atoms with E-state index in [2.05, 4.69) is 15.0 Å². The Morgan fingerprint density at radius 1 is 1.23 bits per heavy atom. The van der Waals surface area contributed by atoms with E-state index in [4.69, 9.17) is 9.47 Å². The Labute approximate surface area is 146 Å². The van der Waals surface area contributed by atoms with Gasteiger partial charge in [-0.05, 0) is 22.6 Å². The van der Waals surface area contributed by atoms with Crippen LogP contribution in [-0.4, -0.2) is 37.2 Å². The smallest absolute Gasteiger partial charge is 0.414 e. The van der Waals surface area contributed by atoms with Gasteiger partial charge in [0.2, 0.25) is 0 Å². The van der Waals surface area contributed by atoms with Crippen LogP contribution in [0.5, 0.6) is 12.0 Å². The van der Waals surface area contributed by atoms with Crippen LogP contribution in [0, 0.1) is 15.9 Å². The molecule has 9 nitrogen and oxygen atoms in total. The number of ether oxygens (including phenoxy) is 2. The van der Waals surface area contributed by atoms with E-state index in [0.29, 0.717) is 6.54 Å². The quantitative estimate of drug-likeness (QED) is 0.521. The van der Waals surface area contributed by atoms with Crippen LogP contribution in [0.15, 0.2) is 42.9 Å². The van der Waals surface area contributed by atoms with Crippen molar-refractivity contribution in [2.24, 2.45) is 0 Å². The third-order valence-corrected chi connectivity index (χ3v) is 3.79. The molecule has 0 saturated carbocycles. The molecule has 0 aliphatic carbocycles. The van der Waals surface area contributed by atoms with Crippen molar-refractivity contribution in [2.75, 3.05) is 6.61 Å². The number of nitrogens with zero attached hydrogens (tertiary/aromatic N) is 5. The van der Waals surface area contributed by atoms with E-state index < -0.39 is 11.0 Å². The molecule has 0 saturated heterocycles. The van der Waals surface area contributed by atoms with E-state index in [1.54, 1.807) is 24.5 Å². The van der Waals surface area contributed by atoms with E-state index in [0.717, 1.165) is 11.1 Å². The molecule has 0 spiro atoms. The first-order valence-electron chi connectivity index (χ1n) is 7.67. The molecule has 1 aliphatic rings. The highest BCUT2D eigenvalue weighted by Gasteiger charge is 2.29. The van der Waals surface area contributed by atoms with Crippen LogP contribution >= 0.6 is 0 Å². The van der Waals surface area contributed by atoms with Crippen molar-refractivity contribution in [3.05, 3.63) is 58.8 Å². The van der Waals surface area contributed by atoms with Crippen LogP contribution in [0.25, 0.3) is 11.1 Å². The monoisotopic (exact) mass is 357 g/mol. The highest BCUT2D eigenvalue weighted by molar-refractivity contribution is 5.61. The lowest BCUT2D eigenvalue weighted by Crippen LogP contribution is -2.34. The maximum absolute atomic E-state index is 13.0. The zero-order valence-corrected chi connectivity index (χ0v) is 13.3. The average Bonchev–Trinajstić information content (AvgIpc) is 3.07. The van der Waals surface area contributed by atoms with Crippen LogP contribution in [0.1, 0.15) is 0 Å². The summed E-state index contributed by atoms with van der Waals surface area (Å²) >= 11 is 0. The zero-order valence-electron chi connectivity index (χ0n) is 13.3. The van der Waals surface area contributed by atoms with Gasteiger partial charge in [-0.3, -0.25) is 4.57 Å². The topological polar surface area (TPSA) is 105 Å². The van der Waals surface area contributed by atoms with Crippen LogP contribution in [0.2, 0.25) is 0 Å². The summed E-state index contributed by atoms with van der Waals surface area (Å²) in [6.07, 6.45) is 4.04. The fourth-order valence-electron chi connectivity index (χ4n) is 2.55. The van der Waals surface area contributed by atoms with Gasteiger partial charge in [0.1, 0.15) is 18.6 Å². The number of benzene rings is 1. The predicted molar refractivity (Wildman–Crippen MR) is 86.2 cm³/mol. The first-order chi connectivity index (χ1) is 12.6. The number of aromatic nitrogens is 4. The highest BCUT2D eigenvalue weighted by Crippen LogP contribution is 2.23. The summed E-state index contributed by atoms with van der Waals surface area (Å²) < 4.78 is 25.5. The van der Waals surface area contributed by atoms with Gasteiger partial charge in [0.15, 0.2) is 6.10 Å². The minimum Gasteiger partial charge on any atom is -0.455 e. The average molecular weight is 357 g/mol. The predicted octanol–water partition coefficient (Wildman–Crippen LogP) is 2.23. The summed E-state index contributed by atoms with van der Waals surface area (Å²) in [5.74, 6) is -0.591. The van der Waals surface area contributed by atoms with Crippen LogP contribution in [-0.2, 0) is 6.54 Å². The molecule has 10 heteroatoms. The lowest BCUT2D eigenvalue weighted by atomic mass is 10.1. The first-order valence-corrected chi connectivity index (χ1v) is 7.67. The van der Waals surface area contributed by atoms with Gasteiger partial charge in [0.25, 0.3) is 0 Å². The van der Waals surface area contributed by atoms with Gasteiger partial charge in [-0.25, -0.2) is 14.4 Å². The molecule has 0 fully saturated rings. The van der Waals surface area contributed by atoms with Crippen LogP contribution in [0.4, 0.5) is 10.2 Å². The lowest BCUT2D eigenvalue weighted by molar-refractivity contribution is -0.389. The van der Waals surface area contributed by atoms with Crippen molar-refractivity contribution in [1.29, 1.82) is 0 Å². The molecule has 26 heavy (non-hydrogen) atoms. The van der Waals surface area contributed by atoms with Crippen molar-refractivity contribution in [1.82, 2.24) is 19.5 Å². The number of hydrogen-bond acceptors (Lipinski definition) is 7. The van der Waals surface area contributed by atoms with Crippen molar-refractivity contribution in [2.45, 2.75) is 12.6 Å². The first kappa shape index (κ1) is 15.9. The molecule has 0 N–H and O–H groups in total. The maximum atomic E-state index is 13.0. The maximum Gasteiger partial charge on any atom is 0.414 e. The molecule has 3 aromatic rings. The Morgan fingerprint density at radius 3 is 2.65 bits per heavy atom. The number of nitro groups is 1. The summed E-state index contributed by atoms with van der Waals surface area (Å²) in [6, 6.07) is 6.34. The van der Waals surface area contributed by atoms with Gasteiger partial charge >= 0.3 is 17.8 Å². The summed E-state index contributed by atoms with van der Waals surface area (Å²) in [5.41, 5.74) is 1.51. The lowest BCUT2D eigenvalue weighted by Gasteiger charge is -2.21. The van der Waals surface area contributed by atoms with Crippen molar-refractivity contribution < 1.29 is 18.8 Å². The molecule has 1 aliphatic heterocycles. The second-order valence-electron chi connectivity index (χ2n) is 5.60. The number of hydrogen-bond donors (Lipinski definition) is 0. The van der Waals surface area contributed by atoms with E-state index in [1.165, 1.54) is 22.9 Å². The van der Waals surface area contributed by atoms with Gasteiger partial charge in [-0.2, -0.15) is 0 Å². The van der Waals surface area contributed by atoms with Crippen LogP contribution < -0.4 is 9.47 Å². The standard InChI is InChI=1S/C16H12FN5O4/c17-12-3-1-10(2-4-12)11-5-18-15(19-6-11)26-13-7-21-8-14(22(23)24)20-16(21)25-9-13/h1-6,8,13H,7,9H2/t13-/m0/s1. The molecule has 1 atom stereocenters. The third kappa shape index (κ3) is 3.16. The Hall–Kier alpha value is -3.56. The molecule has 0 radical (unpaired) electrons. The Kier molecular flexibility index (Phi) is 3.92. The molecular formula is C16H12FN5O4. The molecular weight excluding hydrogens is 345 g/mol. The summed E-state index contributed by atoms with van der Waals surface area (Å²) in [7, 11) is 0. The summed E-state index contributed by atoms with van der Waals surface area (Å²) in [6.45, 7) is 0.510. The fraction of sp³-hybridized carbons (Fsp3) is 0.188. The van der Waals surface area contributed by atoms with Crippen molar-refractivity contribution >= 4 is 5.82 Å². The Morgan fingerprint density at radius 2 is 1.96 bits per heavy atom. The van der Waals surface area contributed by atoms with E-state index in [1.807, 2.05) is 0 Å². The normalized spacial score (nSPS) is 15.8. The minimum absolute atomic E-state index is 0.155. The number of halogens is 1. The van der Waals surface area contributed by atoms with Gasteiger partial charge in [0, 0.05) is 22.9 Å². The van der Waals surface area contributed by atoms with E-state index in [-0.39, 0.29) is 30.3 Å². The molecule has 132 valence electrons. The molecule has 0 unspecified atom stereocenters. The summed E-state index contributed by atoms with van der Waals surface area (Å²) in [5, 5.41) is 10.8. The van der Waals surface area contributed by atoms with Gasteiger partial charge in [0.05, 0.1) is 6.54 Å². The number of fused-ring (bicyclic) bond motifs is 1. The van der Waals surface area contributed by atoms with Crippen LogP contribution in [0.3, 0.4) is 0 Å². The van der Waals surface area contributed by atoms with Crippen molar-refractivity contribution in [3.63, 3.8) is 0 Å². The largest absolute Gasteiger partial charge is 0.455 e. The number of rotatable bonds is 4. The molecule has 3 heterocycles. The second kappa shape index (κ2) is 6.39. The Balaban J connectivity index is 1.44. The second-order valence-corrected chi connectivity index (χ2v) is 5.60. The zero-order chi connectivity index (χ0) is 18.1. The van der Waals surface area contributed by atoms with Gasteiger partial charge in [-0.1, -0.05) is 12.1 Å². The minimum atomic E-state index is -0.582.